The van der Waals surface area contributed by atoms with Crippen LogP contribution in [0.4, 0.5) is 0 Å². The second-order valence-corrected chi connectivity index (χ2v) is 3.33. The summed E-state index contributed by atoms with van der Waals surface area (Å²) in [5, 5.41) is 0.926. The van der Waals surface area contributed by atoms with Gasteiger partial charge in [0.25, 0.3) is 0 Å². The minimum atomic E-state index is -0.273. The van der Waals surface area contributed by atoms with Gasteiger partial charge in [0.05, 0.1) is 5.52 Å². The van der Waals surface area contributed by atoms with Gasteiger partial charge in [0, 0.05) is 18.0 Å². The molecule has 78 valence electrons. The lowest BCUT2D eigenvalue weighted by atomic mass is 10.2. The molecule has 0 amide bonds. The molecule has 0 saturated heterocycles. The molecule has 1 heterocycles. The van der Waals surface area contributed by atoms with E-state index in [0.717, 1.165) is 5.52 Å². The molecule has 0 saturated carbocycles. The van der Waals surface area contributed by atoms with Crippen molar-refractivity contribution in [2.24, 2.45) is 0 Å². The van der Waals surface area contributed by atoms with Gasteiger partial charge in [-0.15, -0.1) is 0 Å². The Hall–Kier alpha value is -1.41. The first-order valence-electron chi connectivity index (χ1n) is 4.72. The van der Waals surface area contributed by atoms with Crippen molar-refractivity contribution in [1.82, 2.24) is 4.98 Å². The van der Waals surface area contributed by atoms with Crippen LogP contribution in [0.2, 0.25) is 0 Å². The van der Waals surface area contributed by atoms with Crippen molar-refractivity contribution in [3.8, 4) is 0 Å². The van der Waals surface area contributed by atoms with Crippen molar-refractivity contribution >= 4 is 27.7 Å². The number of pyridine rings is 1. The van der Waals surface area contributed by atoms with E-state index in [1.165, 1.54) is 5.39 Å². The molecule has 15 heavy (non-hydrogen) atoms. The van der Waals surface area contributed by atoms with Crippen LogP contribution in [0.15, 0.2) is 42.6 Å². The van der Waals surface area contributed by atoms with Gasteiger partial charge in [-0.05, 0) is 23.7 Å². The Labute approximate surface area is 93.9 Å². The largest absolute Gasteiger partial charge is 0.281 e. The molecule has 2 aromatic rings. The number of halogens is 1. The van der Waals surface area contributed by atoms with E-state index in [1.807, 2.05) is 30.5 Å². The molecule has 0 bridgehead atoms. The van der Waals surface area contributed by atoms with E-state index < -0.39 is 0 Å². The highest BCUT2D eigenvalue weighted by Crippen LogP contribution is 2.07. The molecule has 1 aromatic heterocycles. The third kappa shape index (κ3) is 4.09. The Morgan fingerprint density at radius 3 is 2.47 bits per heavy atom. The number of carbonyl (C=O) groups is 1. The lowest BCUT2D eigenvalue weighted by Gasteiger charge is -1.91. The quantitative estimate of drug-likeness (QED) is 0.691. The number of carbonyl (C=O) groups excluding carboxylic acids is 1. The Morgan fingerprint density at radius 2 is 1.87 bits per heavy atom. The summed E-state index contributed by atoms with van der Waals surface area (Å²) in [5.74, 6) is 0. The van der Waals surface area contributed by atoms with E-state index in [4.69, 9.17) is 11.6 Å². The number of aromatic nitrogens is 1. The van der Waals surface area contributed by atoms with Gasteiger partial charge < -0.3 is 0 Å². The first kappa shape index (κ1) is 11.7. The van der Waals surface area contributed by atoms with Crippen LogP contribution < -0.4 is 0 Å². The van der Waals surface area contributed by atoms with E-state index in [-0.39, 0.29) is 5.24 Å². The molecule has 0 N–H and O–H groups in total. The molecule has 0 spiro atoms. The zero-order chi connectivity index (χ0) is 11.1. The van der Waals surface area contributed by atoms with E-state index in [9.17, 15) is 4.79 Å². The van der Waals surface area contributed by atoms with Crippen LogP contribution in [-0.4, -0.2) is 10.2 Å². The fourth-order valence-corrected chi connectivity index (χ4v) is 1.02. The molecule has 0 radical (unpaired) electrons. The topological polar surface area (TPSA) is 30.0 Å². The van der Waals surface area contributed by atoms with E-state index >= 15 is 0 Å². The van der Waals surface area contributed by atoms with Gasteiger partial charge in [-0.25, -0.2) is 0 Å². The molecule has 0 aliphatic carbocycles. The maximum atomic E-state index is 9.58. The first-order valence-corrected chi connectivity index (χ1v) is 5.10. The molecular formula is C12H12ClNO. The molecule has 0 aliphatic heterocycles. The summed E-state index contributed by atoms with van der Waals surface area (Å²) in [6.07, 6.45) is 2.24. The predicted molar refractivity (Wildman–Crippen MR) is 62.9 cm³/mol. The zero-order valence-electron chi connectivity index (χ0n) is 8.48. The van der Waals surface area contributed by atoms with Gasteiger partial charge in [-0.3, -0.25) is 9.78 Å². The number of fused-ring (bicyclic) bond motifs is 1. The maximum absolute atomic E-state index is 9.58. The number of hydrogen-bond acceptors (Lipinski definition) is 2. The SMILES string of the molecule is CCC(=O)Cl.c1ccc2ncccc2c1. The normalized spacial score (nSPS) is 9.20. The molecule has 0 atom stereocenters. The van der Waals surface area contributed by atoms with Gasteiger partial charge >= 0.3 is 0 Å². The van der Waals surface area contributed by atoms with Crippen molar-refractivity contribution < 1.29 is 4.79 Å². The first-order chi connectivity index (χ1) is 7.24. The summed E-state index contributed by atoms with van der Waals surface area (Å²) < 4.78 is 0. The van der Waals surface area contributed by atoms with E-state index in [2.05, 4.69) is 17.1 Å². The molecule has 0 unspecified atom stereocenters. The number of benzene rings is 1. The molecule has 3 heteroatoms. The highest BCUT2D eigenvalue weighted by atomic mass is 35.5. The summed E-state index contributed by atoms with van der Waals surface area (Å²) in [5.41, 5.74) is 1.06. The van der Waals surface area contributed by atoms with Crippen LogP contribution >= 0.6 is 11.6 Å². The standard InChI is InChI=1S/C9H7N.C3H5ClO/c1-2-6-9-8(4-1)5-3-7-10-9;1-2-3(4)5/h1-7H;2H2,1H3. The fraction of sp³-hybridized carbons (Fsp3) is 0.167. The zero-order valence-corrected chi connectivity index (χ0v) is 9.24. The number of para-hydroxylation sites is 1. The molecule has 0 fully saturated rings. The van der Waals surface area contributed by atoms with Crippen molar-refractivity contribution in [3.63, 3.8) is 0 Å². The number of hydrogen-bond donors (Lipinski definition) is 0. The van der Waals surface area contributed by atoms with Crippen molar-refractivity contribution in [1.29, 1.82) is 0 Å². The van der Waals surface area contributed by atoms with E-state index in [0.29, 0.717) is 6.42 Å². The van der Waals surface area contributed by atoms with Gasteiger partial charge in [0.1, 0.15) is 0 Å². The van der Waals surface area contributed by atoms with Gasteiger partial charge in [0.2, 0.25) is 5.24 Å². The average Bonchev–Trinajstić information content (AvgIpc) is 2.30. The summed E-state index contributed by atoms with van der Waals surface area (Å²) in [4.78, 5) is 13.8. The third-order valence-electron chi connectivity index (χ3n) is 1.79. The Bertz CT molecular complexity index is 377. The summed E-state index contributed by atoms with van der Waals surface area (Å²) in [7, 11) is 0. The highest BCUT2D eigenvalue weighted by molar-refractivity contribution is 6.63. The average molecular weight is 222 g/mol. The molecule has 2 rings (SSSR count). The minimum Gasteiger partial charge on any atom is -0.281 e. The Morgan fingerprint density at radius 1 is 1.27 bits per heavy atom. The van der Waals surface area contributed by atoms with Crippen molar-refractivity contribution in [2.45, 2.75) is 13.3 Å². The molecule has 2 nitrogen and oxygen atoms in total. The van der Waals surface area contributed by atoms with Crippen molar-refractivity contribution in [2.75, 3.05) is 0 Å². The van der Waals surface area contributed by atoms with Gasteiger partial charge in [0.15, 0.2) is 0 Å². The second-order valence-electron chi connectivity index (χ2n) is 2.90. The molecule has 0 aliphatic rings. The summed E-state index contributed by atoms with van der Waals surface area (Å²) in [6, 6.07) is 12.1. The van der Waals surface area contributed by atoms with Gasteiger partial charge in [-0.2, -0.15) is 0 Å². The van der Waals surface area contributed by atoms with Gasteiger partial charge in [-0.1, -0.05) is 31.2 Å². The minimum absolute atomic E-state index is 0.273. The maximum Gasteiger partial charge on any atom is 0.221 e. The van der Waals surface area contributed by atoms with Crippen LogP contribution in [0.5, 0.6) is 0 Å². The third-order valence-corrected chi connectivity index (χ3v) is 2.06. The van der Waals surface area contributed by atoms with Crippen LogP contribution in [0.3, 0.4) is 0 Å². The predicted octanol–water partition coefficient (Wildman–Crippen LogP) is 3.40. The lowest BCUT2D eigenvalue weighted by molar-refractivity contribution is -0.111. The summed E-state index contributed by atoms with van der Waals surface area (Å²) in [6.45, 7) is 1.72. The van der Waals surface area contributed by atoms with Crippen LogP contribution in [0.1, 0.15) is 13.3 Å². The smallest absolute Gasteiger partial charge is 0.221 e. The summed E-state index contributed by atoms with van der Waals surface area (Å²) >= 11 is 4.82. The second kappa shape index (κ2) is 6.14. The van der Waals surface area contributed by atoms with Crippen LogP contribution in [0, 0.1) is 0 Å². The Kier molecular flexibility index (Phi) is 4.78. The highest BCUT2D eigenvalue weighted by Gasteiger charge is 1.86. The number of rotatable bonds is 1. The number of nitrogens with zero attached hydrogens (tertiary/aromatic N) is 1. The monoisotopic (exact) mass is 221 g/mol. The molecular weight excluding hydrogens is 210 g/mol. The van der Waals surface area contributed by atoms with Crippen LogP contribution in [0.25, 0.3) is 10.9 Å². The van der Waals surface area contributed by atoms with Crippen LogP contribution in [-0.2, 0) is 4.79 Å². The lowest BCUT2D eigenvalue weighted by Crippen LogP contribution is -1.74. The van der Waals surface area contributed by atoms with Crippen molar-refractivity contribution in [3.05, 3.63) is 42.6 Å². The Balaban J connectivity index is 0.000000195. The fourth-order valence-electron chi connectivity index (χ4n) is 1.02. The molecule has 1 aromatic carbocycles. The van der Waals surface area contributed by atoms with E-state index in [1.54, 1.807) is 6.92 Å².